The van der Waals surface area contributed by atoms with E-state index in [2.05, 4.69) is 6.92 Å². The number of halogens is 1. The molecule has 2 aromatic rings. The van der Waals surface area contributed by atoms with E-state index in [-0.39, 0.29) is 35.3 Å². The molecular formula is C23H31ClN4O5. The molecule has 0 atom stereocenters. The van der Waals surface area contributed by atoms with Crippen molar-refractivity contribution in [1.29, 1.82) is 0 Å². The second kappa shape index (κ2) is 13.0. The molecule has 0 radical (unpaired) electrons. The van der Waals surface area contributed by atoms with E-state index in [0.29, 0.717) is 26.1 Å². The second-order valence-corrected chi connectivity index (χ2v) is 8.18. The normalized spacial score (nSPS) is 10.8. The van der Waals surface area contributed by atoms with Gasteiger partial charge in [-0.3, -0.25) is 19.7 Å². The van der Waals surface area contributed by atoms with Crippen LogP contribution in [0.3, 0.4) is 0 Å². The third kappa shape index (κ3) is 7.57. The zero-order valence-corrected chi connectivity index (χ0v) is 20.1. The molecule has 0 unspecified atom stereocenters. The second-order valence-electron chi connectivity index (χ2n) is 7.77. The Morgan fingerprint density at radius 2 is 1.91 bits per heavy atom. The molecule has 0 spiro atoms. The number of aryl methyl sites for hydroxylation is 1. The topological polar surface area (TPSA) is 97.9 Å². The highest BCUT2D eigenvalue weighted by Gasteiger charge is 2.25. The molecule has 1 heterocycles. The number of methoxy groups -OCH3 is 1. The molecule has 0 aliphatic carbocycles. The lowest BCUT2D eigenvalue weighted by Gasteiger charge is -2.28. The SMILES string of the molecule is CCCCN(Cc1cccn1C)C(=O)CN(CCCOC)C(=O)c1ccc([N+](=O)[O-])cc1Cl. The number of carbonyl (C=O) groups excluding carboxylic acids is 2. The molecule has 0 aliphatic rings. The Balaban J connectivity index is 2.23. The molecule has 9 nitrogen and oxygen atoms in total. The van der Waals surface area contributed by atoms with Gasteiger partial charge in [0.1, 0.15) is 6.54 Å². The van der Waals surface area contributed by atoms with Crippen LogP contribution in [-0.2, 0) is 23.1 Å². The maximum Gasteiger partial charge on any atom is 0.270 e. The first-order valence-electron chi connectivity index (χ1n) is 10.9. The fraction of sp³-hybridized carbons (Fsp3) is 0.478. The van der Waals surface area contributed by atoms with E-state index in [1.54, 1.807) is 12.0 Å². The largest absolute Gasteiger partial charge is 0.385 e. The molecule has 1 aromatic heterocycles. The molecular weight excluding hydrogens is 448 g/mol. The van der Waals surface area contributed by atoms with Crippen molar-refractivity contribution in [2.75, 3.05) is 33.4 Å². The van der Waals surface area contributed by atoms with Gasteiger partial charge in [-0.25, -0.2) is 0 Å². The van der Waals surface area contributed by atoms with Crippen LogP contribution in [0.15, 0.2) is 36.5 Å². The number of nitrogens with zero attached hydrogens (tertiary/aromatic N) is 4. The first kappa shape index (κ1) is 26.3. The van der Waals surface area contributed by atoms with Gasteiger partial charge in [-0.05, 0) is 31.0 Å². The maximum atomic E-state index is 13.3. The number of ether oxygens (including phenoxy) is 1. The molecule has 0 aliphatic heterocycles. The van der Waals surface area contributed by atoms with Crippen LogP contribution in [0.25, 0.3) is 0 Å². The van der Waals surface area contributed by atoms with Gasteiger partial charge in [-0.2, -0.15) is 0 Å². The monoisotopic (exact) mass is 478 g/mol. The first-order chi connectivity index (χ1) is 15.8. The Morgan fingerprint density at radius 3 is 2.48 bits per heavy atom. The molecule has 0 saturated heterocycles. The summed E-state index contributed by atoms with van der Waals surface area (Å²) in [4.78, 5) is 40.1. The van der Waals surface area contributed by atoms with Crippen molar-refractivity contribution >= 4 is 29.1 Å². The average Bonchev–Trinajstić information content (AvgIpc) is 3.19. The van der Waals surface area contributed by atoms with Gasteiger partial charge in [-0.15, -0.1) is 0 Å². The van der Waals surface area contributed by atoms with Crippen LogP contribution < -0.4 is 0 Å². The number of nitro groups is 1. The minimum atomic E-state index is -0.574. The lowest BCUT2D eigenvalue weighted by atomic mass is 10.1. The van der Waals surface area contributed by atoms with E-state index < -0.39 is 10.8 Å². The number of hydrogen-bond acceptors (Lipinski definition) is 5. The fourth-order valence-electron chi connectivity index (χ4n) is 3.37. The first-order valence-corrected chi connectivity index (χ1v) is 11.3. The van der Waals surface area contributed by atoms with Crippen LogP contribution in [0.5, 0.6) is 0 Å². The molecule has 10 heteroatoms. The number of nitro benzene ring substituents is 1. The Hall–Kier alpha value is -2.91. The van der Waals surface area contributed by atoms with Crippen LogP contribution in [0.1, 0.15) is 42.2 Å². The van der Waals surface area contributed by atoms with Gasteiger partial charge >= 0.3 is 0 Å². The molecule has 1 aromatic carbocycles. The summed E-state index contributed by atoms with van der Waals surface area (Å²) in [5, 5.41) is 11.0. The summed E-state index contributed by atoms with van der Waals surface area (Å²) in [5.74, 6) is -0.623. The lowest BCUT2D eigenvalue weighted by Crippen LogP contribution is -2.44. The molecule has 2 rings (SSSR count). The minimum absolute atomic E-state index is 0.0231. The predicted molar refractivity (Wildman–Crippen MR) is 126 cm³/mol. The number of benzene rings is 1. The lowest BCUT2D eigenvalue weighted by molar-refractivity contribution is -0.384. The Bertz CT molecular complexity index is 962. The quantitative estimate of drug-likeness (QED) is 0.247. The number of carbonyl (C=O) groups is 2. The van der Waals surface area contributed by atoms with Gasteiger partial charge in [0.05, 0.1) is 22.1 Å². The molecule has 0 N–H and O–H groups in total. The highest BCUT2D eigenvalue weighted by atomic mass is 35.5. The van der Waals surface area contributed by atoms with E-state index in [1.165, 1.54) is 17.0 Å². The van der Waals surface area contributed by atoms with E-state index in [1.807, 2.05) is 29.9 Å². The average molecular weight is 479 g/mol. The zero-order chi connectivity index (χ0) is 24.4. The summed E-state index contributed by atoms with van der Waals surface area (Å²) in [6.45, 7) is 3.68. The van der Waals surface area contributed by atoms with Crippen LogP contribution in [0.4, 0.5) is 5.69 Å². The van der Waals surface area contributed by atoms with Crippen LogP contribution in [0, 0.1) is 10.1 Å². The van der Waals surface area contributed by atoms with Crippen LogP contribution in [0.2, 0.25) is 5.02 Å². The van der Waals surface area contributed by atoms with Gasteiger partial charge in [-0.1, -0.05) is 24.9 Å². The summed E-state index contributed by atoms with van der Waals surface area (Å²) < 4.78 is 7.06. The fourth-order valence-corrected chi connectivity index (χ4v) is 3.63. The zero-order valence-electron chi connectivity index (χ0n) is 19.3. The molecule has 2 amide bonds. The number of amides is 2. The van der Waals surface area contributed by atoms with Gasteiger partial charge < -0.3 is 19.1 Å². The summed E-state index contributed by atoms with van der Waals surface area (Å²) in [6, 6.07) is 7.60. The summed E-state index contributed by atoms with van der Waals surface area (Å²) in [6.07, 6.45) is 4.25. The van der Waals surface area contributed by atoms with Crippen LogP contribution >= 0.6 is 11.6 Å². The van der Waals surface area contributed by atoms with Gasteiger partial charge in [0.2, 0.25) is 5.91 Å². The van der Waals surface area contributed by atoms with Gasteiger partial charge in [0.15, 0.2) is 0 Å². The Morgan fingerprint density at radius 1 is 1.18 bits per heavy atom. The van der Waals surface area contributed by atoms with Crippen LogP contribution in [-0.4, -0.2) is 64.5 Å². The van der Waals surface area contributed by atoms with Gasteiger partial charge in [0.25, 0.3) is 11.6 Å². The number of rotatable bonds is 13. The smallest absolute Gasteiger partial charge is 0.270 e. The molecule has 33 heavy (non-hydrogen) atoms. The molecule has 180 valence electrons. The van der Waals surface area contributed by atoms with E-state index >= 15 is 0 Å². The summed E-state index contributed by atoms with van der Waals surface area (Å²) >= 11 is 6.18. The third-order valence-corrected chi connectivity index (χ3v) is 5.63. The Kier molecular flexibility index (Phi) is 10.3. The van der Waals surface area contributed by atoms with E-state index in [4.69, 9.17) is 16.3 Å². The van der Waals surface area contributed by atoms with Crippen molar-refractivity contribution in [2.24, 2.45) is 7.05 Å². The Labute approximate surface area is 199 Å². The summed E-state index contributed by atoms with van der Waals surface area (Å²) in [5.41, 5.74) is 0.914. The van der Waals surface area contributed by atoms with Crippen molar-refractivity contribution in [1.82, 2.24) is 14.4 Å². The highest BCUT2D eigenvalue weighted by Crippen LogP contribution is 2.24. The minimum Gasteiger partial charge on any atom is -0.385 e. The van der Waals surface area contributed by atoms with E-state index in [9.17, 15) is 19.7 Å². The molecule has 0 bridgehead atoms. The van der Waals surface area contributed by atoms with Crippen molar-refractivity contribution in [3.8, 4) is 0 Å². The van der Waals surface area contributed by atoms with Crippen molar-refractivity contribution < 1.29 is 19.2 Å². The third-order valence-electron chi connectivity index (χ3n) is 5.32. The molecule has 0 saturated carbocycles. The standard InChI is InChI=1S/C23H31ClN4O5/c1-4-5-12-26(16-19-8-6-11-25(19)2)22(29)17-27(13-7-14-33-3)23(30)20-10-9-18(28(31)32)15-21(20)24/h6,8-11,15H,4-5,7,12-14,16-17H2,1-3H3. The van der Waals surface area contributed by atoms with Crippen molar-refractivity contribution in [2.45, 2.75) is 32.7 Å². The van der Waals surface area contributed by atoms with Gasteiger partial charge in [0, 0.05) is 57.9 Å². The highest BCUT2D eigenvalue weighted by molar-refractivity contribution is 6.34. The van der Waals surface area contributed by atoms with Crippen molar-refractivity contribution in [3.05, 3.63) is 62.9 Å². The summed E-state index contributed by atoms with van der Waals surface area (Å²) in [7, 11) is 3.49. The number of aromatic nitrogens is 1. The number of unbranched alkanes of at least 4 members (excludes halogenated alkanes) is 1. The molecule has 0 fully saturated rings. The van der Waals surface area contributed by atoms with E-state index in [0.717, 1.165) is 24.6 Å². The predicted octanol–water partition coefficient (Wildman–Crippen LogP) is 3.89. The number of hydrogen-bond donors (Lipinski definition) is 0. The number of non-ortho nitro benzene ring substituents is 1. The maximum absolute atomic E-state index is 13.3. The van der Waals surface area contributed by atoms with Crippen molar-refractivity contribution in [3.63, 3.8) is 0 Å².